The molecule has 1 N–H and O–H groups in total. The molecule has 1 unspecified atom stereocenters. The highest BCUT2D eigenvalue weighted by Crippen LogP contribution is 2.34. The molecular weight excluding hydrogens is 225 g/mol. The van der Waals surface area contributed by atoms with E-state index in [1.165, 1.54) is 0 Å². The van der Waals surface area contributed by atoms with Crippen molar-refractivity contribution in [2.45, 2.75) is 46.6 Å². The van der Waals surface area contributed by atoms with Gasteiger partial charge in [0.25, 0.3) is 0 Å². The van der Waals surface area contributed by atoms with Crippen LogP contribution in [0.2, 0.25) is 0 Å². The molecule has 18 heavy (non-hydrogen) atoms. The molecule has 1 atom stereocenters. The van der Waals surface area contributed by atoms with Crippen LogP contribution in [-0.4, -0.2) is 6.54 Å². The Hall–Kier alpha value is -0.890. The third-order valence-corrected chi connectivity index (χ3v) is 4.58. The Balaban J connectivity index is 2.05. The summed E-state index contributed by atoms with van der Waals surface area (Å²) in [5.74, 6) is 0.596. The lowest BCUT2D eigenvalue weighted by molar-refractivity contribution is 0.228. The Morgan fingerprint density at radius 2 is 2.11 bits per heavy atom. The van der Waals surface area contributed by atoms with Gasteiger partial charge in [0, 0.05) is 12.6 Å². The highest BCUT2D eigenvalue weighted by molar-refractivity contribution is 5.35. The lowest BCUT2D eigenvalue weighted by atomic mass is 9.81. The van der Waals surface area contributed by atoms with Crippen molar-refractivity contribution in [3.63, 3.8) is 0 Å². The summed E-state index contributed by atoms with van der Waals surface area (Å²) in [6.07, 6.45) is 1.88. The van der Waals surface area contributed by atoms with E-state index in [-0.39, 0.29) is 11.2 Å². The highest BCUT2D eigenvalue weighted by Gasteiger charge is 2.28. The number of hydrogen-bond donors (Lipinski definition) is 1. The lowest BCUT2D eigenvalue weighted by Crippen LogP contribution is -2.35. The molecule has 1 nitrogen and oxygen atoms in total. The number of nitrogens with one attached hydrogen (secondary N) is 1. The standard InChI is InChI=1S/C16H24FN/c1-11(2)16(3,4)10-18-15-9-8-12-13(15)6-5-7-14(12)17/h5-7,11,15,18H,8-10H2,1-4H3. The number of hydrogen-bond acceptors (Lipinski definition) is 1. The van der Waals surface area contributed by atoms with Crippen LogP contribution in [0.15, 0.2) is 18.2 Å². The van der Waals surface area contributed by atoms with Crippen LogP contribution in [-0.2, 0) is 6.42 Å². The van der Waals surface area contributed by atoms with E-state index in [0.29, 0.717) is 12.0 Å². The van der Waals surface area contributed by atoms with Crippen LogP contribution in [0.3, 0.4) is 0 Å². The molecule has 0 fully saturated rings. The Kier molecular flexibility index (Phi) is 3.76. The van der Waals surface area contributed by atoms with Gasteiger partial charge < -0.3 is 5.32 Å². The van der Waals surface area contributed by atoms with Crippen LogP contribution >= 0.6 is 0 Å². The molecule has 1 aliphatic rings. The molecule has 2 heteroatoms. The topological polar surface area (TPSA) is 12.0 Å². The summed E-state index contributed by atoms with van der Waals surface area (Å²) in [7, 11) is 0. The van der Waals surface area contributed by atoms with Gasteiger partial charge in [-0.25, -0.2) is 4.39 Å². The van der Waals surface area contributed by atoms with Gasteiger partial charge in [-0.3, -0.25) is 0 Å². The molecule has 0 saturated heterocycles. The van der Waals surface area contributed by atoms with Gasteiger partial charge in [0.2, 0.25) is 0 Å². The van der Waals surface area contributed by atoms with Gasteiger partial charge in [-0.15, -0.1) is 0 Å². The van der Waals surface area contributed by atoms with E-state index >= 15 is 0 Å². The van der Waals surface area contributed by atoms with E-state index in [0.717, 1.165) is 30.5 Å². The number of halogens is 1. The average Bonchev–Trinajstić information content (AvgIpc) is 2.71. The zero-order valence-corrected chi connectivity index (χ0v) is 11.9. The van der Waals surface area contributed by atoms with Crippen molar-refractivity contribution in [2.24, 2.45) is 11.3 Å². The largest absolute Gasteiger partial charge is 0.309 e. The minimum atomic E-state index is -0.0417. The van der Waals surface area contributed by atoms with Crippen molar-refractivity contribution < 1.29 is 4.39 Å². The Morgan fingerprint density at radius 3 is 2.78 bits per heavy atom. The second kappa shape index (κ2) is 5.00. The van der Waals surface area contributed by atoms with Crippen LogP contribution in [0.1, 0.15) is 51.3 Å². The fraction of sp³-hybridized carbons (Fsp3) is 0.625. The molecule has 0 saturated carbocycles. The summed E-state index contributed by atoms with van der Waals surface area (Å²) in [5.41, 5.74) is 2.35. The predicted molar refractivity (Wildman–Crippen MR) is 74.1 cm³/mol. The third-order valence-electron chi connectivity index (χ3n) is 4.58. The smallest absolute Gasteiger partial charge is 0.126 e. The van der Waals surface area contributed by atoms with Gasteiger partial charge in [0.05, 0.1) is 0 Å². The predicted octanol–water partition coefficient (Wildman–Crippen LogP) is 4.08. The van der Waals surface area contributed by atoms with Gasteiger partial charge in [-0.2, -0.15) is 0 Å². The number of benzene rings is 1. The van der Waals surface area contributed by atoms with Crippen molar-refractivity contribution in [1.29, 1.82) is 0 Å². The summed E-state index contributed by atoms with van der Waals surface area (Å²) in [6.45, 7) is 10.1. The Morgan fingerprint density at radius 1 is 1.39 bits per heavy atom. The van der Waals surface area contributed by atoms with E-state index < -0.39 is 0 Å². The molecule has 1 aromatic carbocycles. The maximum atomic E-state index is 13.6. The molecule has 0 aliphatic heterocycles. The highest BCUT2D eigenvalue weighted by atomic mass is 19.1. The first-order chi connectivity index (χ1) is 8.42. The van der Waals surface area contributed by atoms with Crippen molar-refractivity contribution in [3.8, 4) is 0 Å². The second-order valence-electron chi connectivity index (χ2n) is 6.42. The maximum absolute atomic E-state index is 13.6. The molecule has 0 aromatic heterocycles. The first kappa shape index (κ1) is 13.5. The molecule has 0 amide bonds. The van der Waals surface area contributed by atoms with Crippen molar-refractivity contribution in [3.05, 3.63) is 35.1 Å². The second-order valence-corrected chi connectivity index (χ2v) is 6.42. The molecule has 1 aliphatic carbocycles. The normalized spacial score (nSPS) is 19.3. The van der Waals surface area contributed by atoms with E-state index in [2.05, 4.69) is 39.1 Å². The Labute approximate surface area is 110 Å². The SMILES string of the molecule is CC(C)C(C)(C)CNC1CCc2c(F)cccc21. The van der Waals surface area contributed by atoms with E-state index in [9.17, 15) is 4.39 Å². The zero-order chi connectivity index (χ0) is 13.3. The molecule has 0 bridgehead atoms. The van der Waals surface area contributed by atoms with E-state index in [1.807, 2.05) is 6.07 Å². The lowest BCUT2D eigenvalue weighted by Gasteiger charge is -2.31. The van der Waals surface area contributed by atoms with Crippen molar-refractivity contribution in [2.75, 3.05) is 6.54 Å². The summed E-state index contributed by atoms with van der Waals surface area (Å²) in [6, 6.07) is 5.78. The molecule has 0 spiro atoms. The number of rotatable bonds is 4. The van der Waals surface area contributed by atoms with Crippen LogP contribution in [0.4, 0.5) is 4.39 Å². The van der Waals surface area contributed by atoms with Crippen LogP contribution in [0.5, 0.6) is 0 Å². The monoisotopic (exact) mass is 249 g/mol. The fourth-order valence-corrected chi connectivity index (χ4v) is 2.41. The maximum Gasteiger partial charge on any atom is 0.126 e. The van der Waals surface area contributed by atoms with Gasteiger partial charge >= 0.3 is 0 Å². The fourth-order valence-electron chi connectivity index (χ4n) is 2.41. The van der Waals surface area contributed by atoms with Gasteiger partial charge in [-0.05, 0) is 41.4 Å². The van der Waals surface area contributed by atoms with Crippen LogP contribution in [0, 0.1) is 17.2 Å². The molecule has 2 rings (SSSR count). The molecule has 0 heterocycles. The van der Waals surface area contributed by atoms with Gasteiger partial charge in [0.1, 0.15) is 5.82 Å². The molecular formula is C16H24FN. The van der Waals surface area contributed by atoms with E-state index in [1.54, 1.807) is 6.07 Å². The minimum Gasteiger partial charge on any atom is -0.309 e. The minimum absolute atomic E-state index is 0.0417. The van der Waals surface area contributed by atoms with Crippen molar-refractivity contribution >= 4 is 0 Å². The quantitative estimate of drug-likeness (QED) is 0.847. The number of fused-ring (bicyclic) bond motifs is 1. The first-order valence-electron chi connectivity index (χ1n) is 6.92. The van der Waals surface area contributed by atoms with Gasteiger partial charge in [0.15, 0.2) is 0 Å². The van der Waals surface area contributed by atoms with Gasteiger partial charge in [-0.1, -0.05) is 39.8 Å². The van der Waals surface area contributed by atoms with Crippen LogP contribution < -0.4 is 5.32 Å². The molecule has 1 aromatic rings. The van der Waals surface area contributed by atoms with Crippen molar-refractivity contribution in [1.82, 2.24) is 5.32 Å². The third kappa shape index (κ3) is 2.59. The van der Waals surface area contributed by atoms with E-state index in [4.69, 9.17) is 0 Å². The zero-order valence-electron chi connectivity index (χ0n) is 11.9. The first-order valence-corrected chi connectivity index (χ1v) is 6.92. The Bertz CT molecular complexity index is 423. The molecule has 0 radical (unpaired) electrons. The summed E-state index contributed by atoms with van der Waals surface area (Å²) in [5, 5.41) is 3.62. The summed E-state index contributed by atoms with van der Waals surface area (Å²) >= 11 is 0. The molecule has 100 valence electrons. The van der Waals surface area contributed by atoms with Crippen LogP contribution in [0.25, 0.3) is 0 Å². The summed E-state index contributed by atoms with van der Waals surface area (Å²) in [4.78, 5) is 0. The summed E-state index contributed by atoms with van der Waals surface area (Å²) < 4.78 is 13.6. The average molecular weight is 249 g/mol.